The molecule has 0 radical (unpaired) electrons. The molecule has 0 saturated heterocycles. The second-order valence-electron chi connectivity index (χ2n) is 4.18. The van der Waals surface area contributed by atoms with Crippen molar-refractivity contribution in [3.8, 4) is 11.3 Å². The number of nitrogens with two attached hydrogens (primary N) is 1. The third-order valence-corrected chi connectivity index (χ3v) is 2.83. The maximum Gasteiger partial charge on any atom is 0.269 e. The van der Waals surface area contributed by atoms with Gasteiger partial charge in [-0.05, 0) is 13.0 Å². The summed E-state index contributed by atoms with van der Waals surface area (Å²) in [7, 11) is 0. The fourth-order valence-corrected chi connectivity index (χ4v) is 2.00. The Morgan fingerprint density at radius 3 is 2.95 bits per heavy atom. The summed E-state index contributed by atoms with van der Waals surface area (Å²) >= 11 is 0. The normalized spacial score (nSPS) is 10.8. The van der Waals surface area contributed by atoms with E-state index in [1.165, 1.54) is 6.20 Å². The summed E-state index contributed by atoms with van der Waals surface area (Å²) in [6, 6.07) is 5.61. The number of nitrogens with one attached hydrogen (secondary N) is 1. The molecule has 6 nitrogen and oxygen atoms in total. The molecule has 3 rings (SSSR count). The van der Waals surface area contributed by atoms with E-state index in [9.17, 15) is 4.79 Å². The highest BCUT2D eigenvalue weighted by molar-refractivity contribution is 6.01. The molecule has 3 N–H and O–H groups in total. The lowest BCUT2D eigenvalue weighted by Gasteiger charge is -2.06. The van der Waals surface area contributed by atoms with Crippen molar-refractivity contribution in [1.29, 1.82) is 0 Å². The minimum atomic E-state index is -0.602. The van der Waals surface area contributed by atoms with Crippen LogP contribution < -0.4 is 5.73 Å². The first kappa shape index (κ1) is 11.3. The molecule has 0 bridgehead atoms. The summed E-state index contributed by atoms with van der Waals surface area (Å²) in [5.41, 5.74) is 9.04. The number of aromatic amines is 1. The molecule has 1 amide bonds. The smallest absolute Gasteiger partial charge is 0.269 e. The van der Waals surface area contributed by atoms with Gasteiger partial charge in [-0.3, -0.25) is 4.79 Å². The number of carbonyl (C=O) groups is 1. The maximum atomic E-state index is 11.5. The van der Waals surface area contributed by atoms with E-state index in [-0.39, 0.29) is 5.69 Å². The zero-order chi connectivity index (χ0) is 13.4. The minimum Gasteiger partial charge on any atom is -0.364 e. The van der Waals surface area contributed by atoms with Gasteiger partial charge < -0.3 is 10.7 Å². The standard InChI is InChI=1S/C13H11N5O/c1-7-5-15-12(13(14)19)11(18-7)8-3-2-4-9-10(8)17-6-16-9/h2-6H,1H3,(H2,14,19)(H,16,17). The van der Waals surface area contributed by atoms with Gasteiger partial charge in [-0.2, -0.15) is 0 Å². The Morgan fingerprint density at radius 2 is 2.16 bits per heavy atom. The SMILES string of the molecule is Cc1cnc(C(N)=O)c(-c2cccc3[nH]cnc23)n1. The van der Waals surface area contributed by atoms with Crippen LogP contribution in [0.5, 0.6) is 0 Å². The van der Waals surface area contributed by atoms with Crippen LogP contribution in [0, 0.1) is 6.92 Å². The van der Waals surface area contributed by atoms with Crippen LogP contribution in [0.4, 0.5) is 0 Å². The molecule has 1 aromatic carbocycles. The highest BCUT2D eigenvalue weighted by Crippen LogP contribution is 2.26. The number of H-pyrrole nitrogens is 1. The maximum absolute atomic E-state index is 11.5. The van der Waals surface area contributed by atoms with Gasteiger partial charge in [-0.1, -0.05) is 12.1 Å². The number of para-hydroxylation sites is 1. The number of primary amides is 1. The first-order chi connectivity index (χ1) is 9.16. The van der Waals surface area contributed by atoms with Crippen LogP contribution in [-0.2, 0) is 0 Å². The van der Waals surface area contributed by atoms with Crippen molar-refractivity contribution >= 4 is 16.9 Å². The third-order valence-electron chi connectivity index (χ3n) is 2.83. The minimum absolute atomic E-state index is 0.154. The summed E-state index contributed by atoms with van der Waals surface area (Å²) in [5.74, 6) is -0.602. The van der Waals surface area contributed by atoms with Crippen molar-refractivity contribution in [3.63, 3.8) is 0 Å². The number of nitrogens with zero attached hydrogens (tertiary/aromatic N) is 3. The largest absolute Gasteiger partial charge is 0.364 e. The van der Waals surface area contributed by atoms with Crippen molar-refractivity contribution in [2.45, 2.75) is 6.92 Å². The highest BCUT2D eigenvalue weighted by Gasteiger charge is 2.16. The van der Waals surface area contributed by atoms with Gasteiger partial charge in [0.1, 0.15) is 5.69 Å². The van der Waals surface area contributed by atoms with Gasteiger partial charge in [0.15, 0.2) is 5.69 Å². The number of hydrogen-bond acceptors (Lipinski definition) is 4. The molecule has 0 atom stereocenters. The number of hydrogen-bond donors (Lipinski definition) is 2. The molecule has 0 aliphatic carbocycles. The Hall–Kier alpha value is -2.76. The number of rotatable bonds is 2. The first-order valence-corrected chi connectivity index (χ1v) is 5.72. The van der Waals surface area contributed by atoms with Gasteiger partial charge in [0.25, 0.3) is 5.91 Å². The molecule has 0 aliphatic heterocycles. The van der Waals surface area contributed by atoms with Gasteiger partial charge in [0.05, 0.1) is 23.1 Å². The molecule has 0 fully saturated rings. The van der Waals surface area contributed by atoms with Crippen LogP contribution in [0.25, 0.3) is 22.3 Å². The van der Waals surface area contributed by atoms with Crippen LogP contribution in [0.1, 0.15) is 16.2 Å². The summed E-state index contributed by atoms with van der Waals surface area (Å²) in [6.07, 6.45) is 3.12. The molecule has 0 saturated carbocycles. The number of fused-ring (bicyclic) bond motifs is 1. The molecular formula is C13H11N5O. The third kappa shape index (κ3) is 1.83. The average Bonchev–Trinajstić information content (AvgIpc) is 2.86. The lowest BCUT2D eigenvalue weighted by molar-refractivity contribution is 0.0996. The van der Waals surface area contributed by atoms with E-state index in [4.69, 9.17) is 5.73 Å². The highest BCUT2D eigenvalue weighted by atomic mass is 16.1. The molecule has 0 aliphatic rings. The molecule has 0 unspecified atom stereocenters. The van der Waals surface area contributed by atoms with E-state index in [1.807, 2.05) is 25.1 Å². The number of carbonyl (C=O) groups excluding carboxylic acids is 1. The molecule has 0 spiro atoms. The quantitative estimate of drug-likeness (QED) is 0.721. The molecule has 2 aromatic heterocycles. The Balaban J connectivity index is 2.35. The van der Waals surface area contributed by atoms with Crippen molar-refractivity contribution in [2.24, 2.45) is 5.73 Å². The van der Waals surface area contributed by atoms with Crippen molar-refractivity contribution in [2.75, 3.05) is 0 Å². The monoisotopic (exact) mass is 253 g/mol. The van der Waals surface area contributed by atoms with Crippen molar-refractivity contribution in [1.82, 2.24) is 19.9 Å². The number of imidazole rings is 1. The lowest BCUT2D eigenvalue weighted by atomic mass is 10.1. The summed E-state index contributed by atoms with van der Waals surface area (Å²) in [5, 5.41) is 0. The van der Waals surface area contributed by atoms with Gasteiger partial charge >= 0.3 is 0 Å². The molecule has 19 heavy (non-hydrogen) atoms. The fraction of sp³-hybridized carbons (Fsp3) is 0.0769. The Bertz CT molecular complexity index is 778. The van der Waals surface area contributed by atoms with Gasteiger partial charge in [0, 0.05) is 11.8 Å². The predicted molar refractivity (Wildman–Crippen MR) is 70.4 cm³/mol. The van der Waals surface area contributed by atoms with Gasteiger partial charge in [0.2, 0.25) is 0 Å². The molecule has 2 heterocycles. The topological polar surface area (TPSA) is 97.5 Å². The van der Waals surface area contributed by atoms with E-state index in [2.05, 4.69) is 19.9 Å². The van der Waals surface area contributed by atoms with Gasteiger partial charge in [-0.25, -0.2) is 15.0 Å². The van der Waals surface area contributed by atoms with E-state index in [1.54, 1.807) is 6.33 Å². The molecule has 6 heteroatoms. The second kappa shape index (κ2) is 4.16. The number of aromatic nitrogens is 4. The summed E-state index contributed by atoms with van der Waals surface area (Å²) < 4.78 is 0. The zero-order valence-corrected chi connectivity index (χ0v) is 10.2. The number of benzene rings is 1. The van der Waals surface area contributed by atoms with Crippen LogP contribution in [0.15, 0.2) is 30.7 Å². The lowest BCUT2D eigenvalue weighted by Crippen LogP contribution is -2.15. The Morgan fingerprint density at radius 1 is 1.32 bits per heavy atom. The van der Waals surface area contributed by atoms with Crippen LogP contribution in [0.3, 0.4) is 0 Å². The second-order valence-corrected chi connectivity index (χ2v) is 4.18. The summed E-state index contributed by atoms with van der Waals surface area (Å²) in [6.45, 7) is 1.81. The average molecular weight is 253 g/mol. The molecule has 3 aromatic rings. The van der Waals surface area contributed by atoms with Crippen molar-refractivity contribution in [3.05, 3.63) is 42.1 Å². The molecular weight excluding hydrogens is 242 g/mol. The van der Waals surface area contributed by atoms with Crippen LogP contribution in [0.2, 0.25) is 0 Å². The van der Waals surface area contributed by atoms with Gasteiger partial charge in [-0.15, -0.1) is 0 Å². The van der Waals surface area contributed by atoms with Crippen LogP contribution >= 0.6 is 0 Å². The number of amides is 1. The van der Waals surface area contributed by atoms with E-state index < -0.39 is 5.91 Å². The van der Waals surface area contributed by atoms with Crippen molar-refractivity contribution < 1.29 is 4.79 Å². The zero-order valence-electron chi connectivity index (χ0n) is 10.2. The first-order valence-electron chi connectivity index (χ1n) is 5.72. The Kier molecular flexibility index (Phi) is 2.49. The molecule has 94 valence electrons. The Labute approximate surface area is 108 Å². The van der Waals surface area contributed by atoms with E-state index in [0.717, 1.165) is 16.6 Å². The summed E-state index contributed by atoms with van der Waals surface area (Å²) in [4.78, 5) is 27.2. The number of aryl methyl sites for hydroxylation is 1. The predicted octanol–water partition coefficient (Wildman–Crippen LogP) is 1.43. The van der Waals surface area contributed by atoms with Crippen LogP contribution in [-0.4, -0.2) is 25.8 Å². The van der Waals surface area contributed by atoms with E-state index in [0.29, 0.717) is 11.4 Å². The fourth-order valence-electron chi connectivity index (χ4n) is 2.00. The van der Waals surface area contributed by atoms with E-state index >= 15 is 0 Å².